The summed E-state index contributed by atoms with van der Waals surface area (Å²) in [5.74, 6) is -0.853. The topological polar surface area (TPSA) is 89.1 Å². The summed E-state index contributed by atoms with van der Waals surface area (Å²) < 4.78 is 0. The molecule has 0 spiro atoms. The standard InChI is InChI=1S/C16H13N3O2/c17-16(21)13-7-5-10-4-6-12(19-14(10)15(13)20)9-11-3-1-2-8-18-11/h1-8,20H,9H2,(H2,17,21). The summed E-state index contributed by atoms with van der Waals surface area (Å²) in [7, 11) is 0. The highest BCUT2D eigenvalue weighted by molar-refractivity contribution is 6.01. The molecule has 0 bridgehead atoms. The summed E-state index contributed by atoms with van der Waals surface area (Å²) in [4.78, 5) is 19.9. The molecule has 2 aromatic heterocycles. The molecule has 0 radical (unpaired) electrons. The Morgan fingerprint density at radius 2 is 1.90 bits per heavy atom. The summed E-state index contributed by atoms with van der Waals surface area (Å²) in [5, 5.41) is 10.9. The van der Waals surface area contributed by atoms with Gasteiger partial charge in [-0.05, 0) is 24.3 Å². The molecular formula is C16H13N3O2. The van der Waals surface area contributed by atoms with E-state index in [1.165, 1.54) is 6.07 Å². The van der Waals surface area contributed by atoms with Gasteiger partial charge in [0.2, 0.25) is 0 Å². The summed E-state index contributed by atoms with van der Waals surface area (Å²) in [5.41, 5.74) is 7.33. The molecule has 3 aromatic rings. The third-order valence-corrected chi connectivity index (χ3v) is 3.25. The van der Waals surface area contributed by atoms with E-state index in [4.69, 9.17) is 5.73 Å². The second kappa shape index (κ2) is 5.20. The molecule has 0 unspecified atom stereocenters. The van der Waals surface area contributed by atoms with E-state index in [1.54, 1.807) is 12.3 Å². The van der Waals surface area contributed by atoms with Crippen molar-refractivity contribution in [2.45, 2.75) is 6.42 Å². The third kappa shape index (κ3) is 2.53. The van der Waals surface area contributed by atoms with Crippen molar-refractivity contribution in [1.29, 1.82) is 0 Å². The van der Waals surface area contributed by atoms with Crippen LogP contribution in [-0.4, -0.2) is 21.0 Å². The maximum absolute atomic E-state index is 11.3. The first-order chi connectivity index (χ1) is 10.1. The number of hydrogen-bond donors (Lipinski definition) is 2. The fraction of sp³-hybridized carbons (Fsp3) is 0.0625. The molecule has 21 heavy (non-hydrogen) atoms. The van der Waals surface area contributed by atoms with E-state index in [1.807, 2.05) is 30.3 Å². The highest BCUT2D eigenvalue weighted by Gasteiger charge is 2.12. The quantitative estimate of drug-likeness (QED) is 0.767. The average molecular weight is 279 g/mol. The van der Waals surface area contributed by atoms with E-state index >= 15 is 0 Å². The van der Waals surface area contributed by atoms with Crippen molar-refractivity contribution in [3.8, 4) is 5.75 Å². The number of carbonyl (C=O) groups excluding carboxylic acids is 1. The lowest BCUT2D eigenvalue weighted by molar-refractivity contribution is 0.0998. The van der Waals surface area contributed by atoms with E-state index in [9.17, 15) is 9.90 Å². The molecule has 0 aliphatic carbocycles. The van der Waals surface area contributed by atoms with Crippen molar-refractivity contribution in [3.05, 3.63) is 65.6 Å². The second-order valence-corrected chi connectivity index (χ2v) is 4.70. The Kier molecular flexibility index (Phi) is 3.23. The molecule has 0 aliphatic heterocycles. The van der Waals surface area contributed by atoms with Crippen molar-refractivity contribution >= 4 is 16.8 Å². The number of pyridine rings is 2. The molecule has 2 heterocycles. The van der Waals surface area contributed by atoms with Crippen molar-refractivity contribution in [1.82, 2.24) is 9.97 Å². The van der Waals surface area contributed by atoms with Gasteiger partial charge in [-0.2, -0.15) is 0 Å². The predicted octanol–water partition coefficient (Wildman–Crippen LogP) is 2.03. The van der Waals surface area contributed by atoms with Crippen molar-refractivity contribution in [2.75, 3.05) is 0 Å². The molecule has 0 fully saturated rings. The fourth-order valence-corrected chi connectivity index (χ4v) is 2.20. The Hall–Kier alpha value is -2.95. The van der Waals surface area contributed by atoms with E-state index in [0.29, 0.717) is 11.9 Å². The van der Waals surface area contributed by atoms with Crippen LogP contribution in [0.15, 0.2) is 48.7 Å². The number of amides is 1. The number of primary amides is 1. The first-order valence-electron chi connectivity index (χ1n) is 6.46. The minimum Gasteiger partial charge on any atom is -0.505 e. The van der Waals surface area contributed by atoms with Gasteiger partial charge in [0, 0.05) is 29.4 Å². The number of aromatic nitrogens is 2. The highest BCUT2D eigenvalue weighted by atomic mass is 16.3. The van der Waals surface area contributed by atoms with Crippen molar-refractivity contribution < 1.29 is 9.90 Å². The maximum Gasteiger partial charge on any atom is 0.252 e. The number of nitrogens with two attached hydrogens (primary N) is 1. The van der Waals surface area contributed by atoms with Crippen LogP contribution in [0.4, 0.5) is 0 Å². The minimum absolute atomic E-state index is 0.0741. The lowest BCUT2D eigenvalue weighted by atomic mass is 10.1. The molecule has 0 saturated carbocycles. The first-order valence-corrected chi connectivity index (χ1v) is 6.46. The summed E-state index contributed by atoms with van der Waals surface area (Å²) in [6.07, 6.45) is 2.27. The van der Waals surface area contributed by atoms with Crippen LogP contribution in [0.2, 0.25) is 0 Å². The van der Waals surface area contributed by atoms with E-state index in [2.05, 4.69) is 9.97 Å². The first kappa shape index (κ1) is 13.1. The zero-order valence-corrected chi connectivity index (χ0v) is 11.2. The molecule has 5 nitrogen and oxygen atoms in total. The molecule has 104 valence electrons. The van der Waals surface area contributed by atoms with Crippen molar-refractivity contribution in [3.63, 3.8) is 0 Å². The van der Waals surface area contributed by atoms with Gasteiger partial charge in [-0.25, -0.2) is 4.98 Å². The number of hydrogen-bond acceptors (Lipinski definition) is 4. The zero-order valence-electron chi connectivity index (χ0n) is 11.2. The van der Waals surface area contributed by atoms with Gasteiger partial charge in [-0.3, -0.25) is 9.78 Å². The van der Waals surface area contributed by atoms with Crippen LogP contribution in [0.1, 0.15) is 21.7 Å². The van der Waals surface area contributed by atoms with Gasteiger partial charge < -0.3 is 10.8 Å². The minimum atomic E-state index is -0.675. The SMILES string of the molecule is NC(=O)c1ccc2ccc(Cc3ccccn3)nc2c1O. The molecule has 0 atom stereocenters. The van der Waals surface area contributed by atoms with Crippen LogP contribution in [0.3, 0.4) is 0 Å². The number of carbonyl (C=O) groups is 1. The molecular weight excluding hydrogens is 266 g/mol. The van der Waals surface area contributed by atoms with Crippen LogP contribution in [0.5, 0.6) is 5.75 Å². The average Bonchev–Trinajstić information content (AvgIpc) is 2.49. The summed E-state index contributed by atoms with van der Waals surface area (Å²) in [6.45, 7) is 0. The molecule has 1 amide bonds. The fourth-order valence-electron chi connectivity index (χ4n) is 2.20. The molecule has 3 N–H and O–H groups in total. The number of nitrogens with zero attached hydrogens (tertiary/aromatic N) is 2. The van der Waals surface area contributed by atoms with Crippen LogP contribution in [-0.2, 0) is 6.42 Å². The maximum atomic E-state index is 11.3. The van der Waals surface area contributed by atoms with Gasteiger partial charge >= 0.3 is 0 Å². The Labute approximate surface area is 121 Å². The van der Waals surface area contributed by atoms with E-state index < -0.39 is 5.91 Å². The Balaban J connectivity index is 2.06. The number of phenols is 1. The van der Waals surface area contributed by atoms with Crippen LogP contribution in [0, 0.1) is 0 Å². The molecule has 0 saturated heterocycles. The van der Waals surface area contributed by atoms with Gasteiger partial charge in [0.15, 0.2) is 5.75 Å². The normalized spacial score (nSPS) is 10.7. The number of rotatable bonds is 3. The Bertz CT molecular complexity index is 816. The van der Waals surface area contributed by atoms with Gasteiger partial charge in [-0.15, -0.1) is 0 Å². The summed E-state index contributed by atoms with van der Waals surface area (Å²) >= 11 is 0. The molecule has 5 heteroatoms. The number of fused-ring (bicyclic) bond motifs is 1. The lowest BCUT2D eigenvalue weighted by Gasteiger charge is -2.07. The molecule has 3 rings (SSSR count). The monoisotopic (exact) mass is 279 g/mol. The van der Waals surface area contributed by atoms with Crippen LogP contribution < -0.4 is 5.73 Å². The van der Waals surface area contributed by atoms with E-state index in [-0.39, 0.29) is 11.3 Å². The lowest BCUT2D eigenvalue weighted by Crippen LogP contribution is -2.11. The third-order valence-electron chi connectivity index (χ3n) is 3.25. The van der Waals surface area contributed by atoms with Crippen LogP contribution >= 0.6 is 0 Å². The Morgan fingerprint density at radius 3 is 2.62 bits per heavy atom. The number of benzene rings is 1. The van der Waals surface area contributed by atoms with Gasteiger partial charge in [0.05, 0.1) is 5.56 Å². The van der Waals surface area contributed by atoms with Crippen LogP contribution in [0.25, 0.3) is 10.9 Å². The predicted molar refractivity (Wildman–Crippen MR) is 79.0 cm³/mol. The summed E-state index contributed by atoms with van der Waals surface area (Å²) in [6, 6.07) is 12.6. The smallest absolute Gasteiger partial charge is 0.252 e. The molecule has 1 aromatic carbocycles. The van der Waals surface area contributed by atoms with Crippen molar-refractivity contribution in [2.24, 2.45) is 5.73 Å². The number of aromatic hydroxyl groups is 1. The molecule has 0 aliphatic rings. The van der Waals surface area contributed by atoms with E-state index in [0.717, 1.165) is 16.8 Å². The second-order valence-electron chi connectivity index (χ2n) is 4.70. The largest absolute Gasteiger partial charge is 0.505 e. The van der Waals surface area contributed by atoms with Gasteiger partial charge in [0.1, 0.15) is 5.52 Å². The van der Waals surface area contributed by atoms with Gasteiger partial charge in [0.25, 0.3) is 5.91 Å². The highest BCUT2D eigenvalue weighted by Crippen LogP contribution is 2.27. The Morgan fingerprint density at radius 1 is 1.10 bits per heavy atom. The zero-order chi connectivity index (χ0) is 14.8. The van der Waals surface area contributed by atoms with Gasteiger partial charge in [-0.1, -0.05) is 18.2 Å².